The lowest BCUT2D eigenvalue weighted by molar-refractivity contribution is -0.135. The molecule has 1 aromatic carbocycles. The molecule has 5 heteroatoms. The largest absolute Gasteiger partial charge is 0.346 e. The second-order valence-corrected chi connectivity index (χ2v) is 5.91. The van der Waals surface area contributed by atoms with E-state index in [4.69, 9.17) is 5.73 Å². The maximum atomic E-state index is 12.5. The van der Waals surface area contributed by atoms with Gasteiger partial charge in [-0.1, -0.05) is 36.8 Å². The first-order chi connectivity index (χ1) is 10.6. The Morgan fingerprint density at radius 1 is 1.32 bits per heavy atom. The Morgan fingerprint density at radius 3 is 2.55 bits per heavy atom. The molecular formula is C17H25N3O2. The van der Waals surface area contributed by atoms with Crippen LogP contribution in [0.5, 0.6) is 0 Å². The van der Waals surface area contributed by atoms with Gasteiger partial charge in [-0.3, -0.25) is 9.59 Å². The minimum absolute atomic E-state index is 0.00378. The van der Waals surface area contributed by atoms with Crippen molar-refractivity contribution in [2.75, 3.05) is 19.6 Å². The first-order valence-electron chi connectivity index (χ1n) is 7.93. The Balaban J connectivity index is 2.04. The average Bonchev–Trinajstić information content (AvgIpc) is 2.51. The molecule has 22 heavy (non-hydrogen) atoms. The van der Waals surface area contributed by atoms with E-state index in [2.05, 4.69) is 5.32 Å². The van der Waals surface area contributed by atoms with Crippen molar-refractivity contribution in [2.45, 2.75) is 32.2 Å². The van der Waals surface area contributed by atoms with E-state index in [1.165, 1.54) is 19.3 Å². The average molecular weight is 303 g/mol. The zero-order valence-corrected chi connectivity index (χ0v) is 13.1. The van der Waals surface area contributed by atoms with Crippen molar-refractivity contribution in [3.63, 3.8) is 0 Å². The third-order valence-electron chi connectivity index (χ3n) is 4.37. The van der Waals surface area contributed by atoms with Gasteiger partial charge in [-0.25, -0.2) is 0 Å². The van der Waals surface area contributed by atoms with Crippen LogP contribution in [-0.2, 0) is 9.59 Å². The summed E-state index contributed by atoms with van der Waals surface area (Å²) in [4.78, 5) is 25.7. The van der Waals surface area contributed by atoms with E-state index < -0.39 is 0 Å². The summed E-state index contributed by atoms with van der Waals surface area (Å²) in [5.74, 6) is 0.231. The fourth-order valence-electron chi connectivity index (χ4n) is 2.69. The summed E-state index contributed by atoms with van der Waals surface area (Å²) in [6, 6.07) is 10.00. The molecule has 1 aliphatic rings. The zero-order chi connectivity index (χ0) is 15.9. The molecule has 0 saturated heterocycles. The molecule has 1 fully saturated rings. The first-order valence-corrected chi connectivity index (χ1v) is 7.93. The van der Waals surface area contributed by atoms with Crippen molar-refractivity contribution in [2.24, 2.45) is 11.7 Å². The number of nitrogens with one attached hydrogen (secondary N) is 1. The van der Waals surface area contributed by atoms with E-state index in [-0.39, 0.29) is 30.9 Å². The number of hydrogen-bond acceptors (Lipinski definition) is 3. The smallest absolute Gasteiger partial charge is 0.242 e. The number of nitrogens with two attached hydrogens (primary N) is 1. The van der Waals surface area contributed by atoms with Crippen LogP contribution in [0.2, 0.25) is 0 Å². The SMILES string of the molecule is CC(c1ccccc1)N(CC1CCC1)C(=O)CNC(=O)CN. The second kappa shape index (κ2) is 7.94. The third-order valence-corrected chi connectivity index (χ3v) is 4.37. The van der Waals surface area contributed by atoms with Crippen molar-refractivity contribution in [1.82, 2.24) is 10.2 Å². The number of nitrogens with zero attached hydrogens (tertiary/aromatic N) is 1. The standard InChI is InChI=1S/C17H25N3O2/c1-13(15-8-3-2-4-9-15)20(12-14-6-5-7-14)17(22)11-19-16(21)10-18/h2-4,8-9,13-14H,5-7,10-12,18H2,1H3,(H,19,21). The minimum Gasteiger partial charge on any atom is -0.346 e. The van der Waals surface area contributed by atoms with Gasteiger partial charge in [0.25, 0.3) is 0 Å². The molecule has 2 amide bonds. The van der Waals surface area contributed by atoms with Gasteiger partial charge >= 0.3 is 0 Å². The van der Waals surface area contributed by atoms with Crippen LogP contribution >= 0.6 is 0 Å². The third kappa shape index (κ3) is 4.31. The van der Waals surface area contributed by atoms with Gasteiger partial charge in [-0.2, -0.15) is 0 Å². The van der Waals surface area contributed by atoms with Crippen molar-refractivity contribution in [3.8, 4) is 0 Å². The van der Waals surface area contributed by atoms with Crippen LogP contribution in [0.1, 0.15) is 37.8 Å². The van der Waals surface area contributed by atoms with Crippen molar-refractivity contribution >= 4 is 11.8 Å². The van der Waals surface area contributed by atoms with Gasteiger partial charge < -0.3 is 16.0 Å². The zero-order valence-electron chi connectivity index (χ0n) is 13.1. The number of rotatable bonds is 7. The van der Waals surface area contributed by atoms with Gasteiger partial charge in [0.2, 0.25) is 11.8 Å². The summed E-state index contributed by atoms with van der Waals surface area (Å²) in [5.41, 5.74) is 6.37. The van der Waals surface area contributed by atoms with E-state index >= 15 is 0 Å². The van der Waals surface area contributed by atoms with Crippen LogP contribution in [0.25, 0.3) is 0 Å². The molecule has 0 radical (unpaired) electrons. The van der Waals surface area contributed by atoms with Crippen LogP contribution in [0, 0.1) is 5.92 Å². The lowest BCUT2D eigenvalue weighted by Gasteiger charge is -2.36. The first kappa shape index (κ1) is 16.5. The molecule has 1 unspecified atom stereocenters. The van der Waals surface area contributed by atoms with Gasteiger partial charge in [0, 0.05) is 6.54 Å². The minimum atomic E-state index is -0.302. The van der Waals surface area contributed by atoms with Crippen molar-refractivity contribution < 1.29 is 9.59 Å². The quantitative estimate of drug-likeness (QED) is 0.800. The Kier molecular flexibility index (Phi) is 5.95. The Hall–Kier alpha value is -1.88. The Bertz CT molecular complexity index is 500. The summed E-state index contributed by atoms with van der Waals surface area (Å²) >= 11 is 0. The molecule has 1 aromatic rings. The van der Waals surface area contributed by atoms with E-state index in [1.807, 2.05) is 42.2 Å². The molecule has 1 saturated carbocycles. The molecule has 5 nitrogen and oxygen atoms in total. The number of amides is 2. The number of benzene rings is 1. The predicted octanol–water partition coefficient (Wildman–Crippen LogP) is 1.45. The number of carbonyl (C=O) groups excluding carboxylic acids is 2. The molecule has 0 aromatic heterocycles. The molecule has 0 bridgehead atoms. The molecule has 2 rings (SSSR count). The summed E-state index contributed by atoms with van der Waals surface area (Å²) in [6.07, 6.45) is 3.61. The van der Waals surface area contributed by atoms with Crippen LogP contribution in [0.4, 0.5) is 0 Å². The van der Waals surface area contributed by atoms with E-state index in [0.29, 0.717) is 5.92 Å². The van der Waals surface area contributed by atoms with Crippen LogP contribution in [0.3, 0.4) is 0 Å². The van der Waals surface area contributed by atoms with E-state index in [0.717, 1.165) is 12.1 Å². The highest BCUT2D eigenvalue weighted by molar-refractivity contribution is 5.85. The topological polar surface area (TPSA) is 75.4 Å². The summed E-state index contributed by atoms with van der Waals surface area (Å²) in [5, 5.41) is 2.57. The molecule has 1 aliphatic carbocycles. The molecule has 3 N–H and O–H groups in total. The maximum absolute atomic E-state index is 12.5. The Labute approximate surface area is 131 Å². The lowest BCUT2D eigenvalue weighted by Crippen LogP contribution is -2.45. The summed E-state index contributed by atoms with van der Waals surface area (Å²) < 4.78 is 0. The van der Waals surface area contributed by atoms with Crippen molar-refractivity contribution in [3.05, 3.63) is 35.9 Å². The van der Waals surface area contributed by atoms with Crippen molar-refractivity contribution in [1.29, 1.82) is 0 Å². The normalized spacial score (nSPS) is 15.7. The predicted molar refractivity (Wildman–Crippen MR) is 86.0 cm³/mol. The highest BCUT2D eigenvalue weighted by Crippen LogP contribution is 2.30. The van der Waals surface area contributed by atoms with Gasteiger partial charge in [-0.05, 0) is 31.2 Å². The number of carbonyl (C=O) groups is 2. The van der Waals surface area contributed by atoms with E-state index in [1.54, 1.807) is 0 Å². The summed E-state index contributed by atoms with van der Waals surface area (Å²) in [7, 11) is 0. The molecule has 120 valence electrons. The maximum Gasteiger partial charge on any atom is 0.242 e. The highest BCUT2D eigenvalue weighted by atomic mass is 16.2. The molecule has 0 aliphatic heterocycles. The van der Waals surface area contributed by atoms with Crippen LogP contribution in [0.15, 0.2) is 30.3 Å². The molecule has 0 spiro atoms. The van der Waals surface area contributed by atoms with Crippen LogP contribution < -0.4 is 11.1 Å². The summed E-state index contributed by atoms with van der Waals surface area (Å²) in [6.45, 7) is 2.72. The molecular weight excluding hydrogens is 278 g/mol. The molecule has 0 heterocycles. The van der Waals surface area contributed by atoms with Crippen LogP contribution in [-0.4, -0.2) is 36.3 Å². The highest BCUT2D eigenvalue weighted by Gasteiger charge is 2.27. The van der Waals surface area contributed by atoms with Gasteiger partial charge in [0.1, 0.15) is 0 Å². The molecule has 1 atom stereocenters. The van der Waals surface area contributed by atoms with Gasteiger partial charge in [0.05, 0.1) is 19.1 Å². The van der Waals surface area contributed by atoms with Gasteiger partial charge in [0.15, 0.2) is 0 Å². The van der Waals surface area contributed by atoms with E-state index in [9.17, 15) is 9.59 Å². The number of hydrogen-bond donors (Lipinski definition) is 2. The lowest BCUT2D eigenvalue weighted by atomic mass is 9.84. The van der Waals surface area contributed by atoms with Gasteiger partial charge in [-0.15, -0.1) is 0 Å². The fourth-order valence-corrected chi connectivity index (χ4v) is 2.69. The second-order valence-electron chi connectivity index (χ2n) is 5.91. The fraction of sp³-hybridized carbons (Fsp3) is 0.529. The Morgan fingerprint density at radius 2 is 2.00 bits per heavy atom. The monoisotopic (exact) mass is 303 g/mol.